The number of hydrogen-bond acceptors (Lipinski definition) is 6. The van der Waals surface area contributed by atoms with Gasteiger partial charge in [-0.1, -0.05) is 18.1 Å². The van der Waals surface area contributed by atoms with Gasteiger partial charge in [0, 0.05) is 31.7 Å². The monoisotopic (exact) mass is 355 g/mol. The molecule has 1 atom stereocenters. The van der Waals surface area contributed by atoms with Crippen LogP contribution in [0.1, 0.15) is 44.4 Å². The van der Waals surface area contributed by atoms with Gasteiger partial charge in [-0.2, -0.15) is 4.98 Å². The third-order valence-electron chi connectivity index (χ3n) is 5.75. The standard InChI is InChI=1S/C20H29N5O/c1-16-5-4-10-25(15-16)14-13-24-11-7-17(8-12-24)20-22-19(23-26-20)18-6-2-3-9-21-18/h2-3,6,9,16-17H,4-5,7-8,10-15H2,1H3/t16-/m1/s1. The van der Waals surface area contributed by atoms with E-state index in [-0.39, 0.29) is 0 Å². The zero-order chi connectivity index (χ0) is 17.8. The summed E-state index contributed by atoms with van der Waals surface area (Å²) < 4.78 is 5.53. The molecule has 0 unspecified atom stereocenters. The van der Waals surface area contributed by atoms with E-state index in [0.29, 0.717) is 11.7 Å². The number of hydrogen-bond donors (Lipinski definition) is 0. The van der Waals surface area contributed by atoms with Crippen LogP contribution in [-0.4, -0.2) is 64.2 Å². The lowest BCUT2D eigenvalue weighted by atomic mass is 9.96. The Labute approximate surface area is 155 Å². The van der Waals surface area contributed by atoms with Crippen molar-refractivity contribution in [1.29, 1.82) is 0 Å². The quantitative estimate of drug-likeness (QED) is 0.822. The lowest BCUT2D eigenvalue weighted by molar-refractivity contribution is 0.136. The summed E-state index contributed by atoms with van der Waals surface area (Å²) in [6.45, 7) is 9.56. The first-order valence-corrected chi connectivity index (χ1v) is 9.97. The predicted octanol–water partition coefficient (Wildman–Crippen LogP) is 3.04. The molecule has 4 rings (SSSR count). The van der Waals surface area contributed by atoms with Gasteiger partial charge in [-0.05, 0) is 63.4 Å². The largest absolute Gasteiger partial charge is 0.339 e. The van der Waals surface area contributed by atoms with E-state index in [1.807, 2.05) is 18.2 Å². The Morgan fingerprint density at radius 2 is 1.92 bits per heavy atom. The summed E-state index contributed by atoms with van der Waals surface area (Å²) in [6.07, 6.45) is 6.71. The highest BCUT2D eigenvalue weighted by atomic mass is 16.5. The molecule has 2 aliphatic heterocycles. The molecule has 0 spiro atoms. The van der Waals surface area contributed by atoms with Crippen LogP contribution >= 0.6 is 0 Å². The second kappa shape index (κ2) is 8.27. The fourth-order valence-corrected chi connectivity index (χ4v) is 4.18. The molecule has 2 aromatic heterocycles. The summed E-state index contributed by atoms with van der Waals surface area (Å²) in [5.74, 6) is 2.61. The van der Waals surface area contributed by atoms with Crippen molar-refractivity contribution in [2.45, 2.75) is 38.5 Å². The van der Waals surface area contributed by atoms with Crippen LogP contribution in [0.2, 0.25) is 0 Å². The number of piperidine rings is 2. The molecular formula is C20H29N5O. The van der Waals surface area contributed by atoms with Gasteiger partial charge in [0.1, 0.15) is 5.69 Å². The van der Waals surface area contributed by atoms with Gasteiger partial charge >= 0.3 is 0 Å². The minimum Gasteiger partial charge on any atom is -0.339 e. The van der Waals surface area contributed by atoms with Gasteiger partial charge in [0.25, 0.3) is 0 Å². The highest BCUT2D eigenvalue weighted by Gasteiger charge is 2.26. The van der Waals surface area contributed by atoms with E-state index in [1.165, 1.54) is 39.0 Å². The van der Waals surface area contributed by atoms with Gasteiger partial charge in [-0.3, -0.25) is 4.98 Å². The number of nitrogens with zero attached hydrogens (tertiary/aromatic N) is 5. The molecule has 26 heavy (non-hydrogen) atoms. The summed E-state index contributed by atoms with van der Waals surface area (Å²) >= 11 is 0. The SMILES string of the molecule is C[C@@H]1CCCN(CCN2CCC(c3nc(-c4ccccn4)no3)CC2)C1. The van der Waals surface area contributed by atoms with E-state index >= 15 is 0 Å². The highest BCUT2D eigenvalue weighted by molar-refractivity contribution is 5.47. The van der Waals surface area contributed by atoms with Crippen LogP contribution in [0.15, 0.2) is 28.9 Å². The number of aromatic nitrogens is 3. The maximum atomic E-state index is 5.53. The average molecular weight is 355 g/mol. The summed E-state index contributed by atoms with van der Waals surface area (Å²) in [5, 5.41) is 4.12. The van der Waals surface area contributed by atoms with Crippen molar-refractivity contribution in [1.82, 2.24) is 24.9 Å². The van der Waals surface area contributed by atoms with E-state index in [0.717, 1.165) is 43.4 Å². The molecule has 0 aromatic carbocycles. The van der Waals surface area contributed by atoms with Crippen molar-refractivity contribution in [2.75, 3.05) is 39.3 Å². The van der Waals surface area contributed by atoms with Crippen LogP contribution in [0.4, 0.5) is 0 Å². The first-order chi connectivity index (χ1) is 12.8. The summed E-state index contributed by atoms with van der Waals surface area (Å²) in [7, 11) is 0. The normalized spacial score (nSPS) is 23.3. The predicted molar refractivity (Wildman–Crippen MR) is 101 cm³/mol. The van der Waals surface area contributed by atoms with E-state index < -0.39 is 0 Å². The van der Waals surface area contributed by atoms with Gasteiger partial charge in [0.15, 0.2) is 0 Å². The zero-order valence-corrected chi connectivity index (χ0v) is 15.7. The van der Waals surface area contributed by atoms with Gasteiger partial charge in [-0.15, -0.1) is 0 Å². The molecule has 0 saturated carbocycles. The molecular weight excluding hydrogens is 326 g/mol. The Hall–Kier alpha value is -1.79. The maximum Gasteiger partial charge on any atom is 0.230 e. The van der Waals surface area contributed by atoms with Crippen molar-refractivity contribution >= 4 is 0 Å². The molecule has 2 fully saturated rings. The van der Waals surface area contributed by atoms with Crippen LogP contribution in [0, 0.1) is 5.92 Å². The van der Waals surface area contributed by atoms with Crippen molar-refractivity contribution in [3.8, 4) is 11.5 Å². The van der Waals surface area contributed by atoms with E-state index in [9.17, 15) is 0 Å². The molecule has 6 nitrogen and oxygen atoms in total. The van der Waals surface area contributed by atoms with Crippen LogP contribution in [0.5, 0.6) is 0 Å². The number of pyridine rings is 1. The van der Waals surface area contributed by atoms with Gasteiger partial charge < -0.3 is 14.3 Å². The molecule has 0 bridgehead atoms. The van der Waals surface area contributed by atoms with E-state index in [4.69, 9.17) is 4.52 Å². The second-order valence-corrected chi connectivity index (χ2v) is 7.84. The highest BCUT2D eigenvalue weighted by Crippen LogP contribution is 2.28. The molecule has 0 N–H and O–H groups in total. The van der Waals surface area contributed by atoms with Crippen molar-refractivity contribution in [3.05, 3.63) is 30.3 Å². The van der Waals surface area contributed by atoms with Gasteiger partial charge in [0.2, 0.25) is 11.7 Å². The Kier molecular flexibility index (Phi) is 5.60. The molecule has 6 heteroatoms. The lowest BCUT2D eigenvalue weighted by Crippen LogP contribution is -2.42. The van der Waals surface area contributed by atoms with Crippen LogP contribution in [0.25, 0.3) is 11.5 Å². The Balaban J connectivity index is 1.25. The first-order valence-electron chi connectivity index (χ1n) is 9.97. The van der Waals surface area contributed by atoms with Crippen LogP contribution in [-0.2, 0) is 0 Å². The van der Waals surface area contributed by atoms with Gasteiger partial charge in [0.05, 0.1) is 0 Å². The molecule has 0 radical (unpaired) electrons. The lowest BCUT2D eigenvalue weighted by Gasteiger charge is -2.35. The zero-order valence-electron chi connectivity index (χ0n) is 15.7. The fourth-order valence-electron chi connectivity index (χ4n) is 4.18. The third kappa shape index (κ3) is 4.30. The molecule has 2 saturated heterocycles. The van der Waals surface area contributed by atoms with Crippen molar-refractivity contribution in [2.24, 2.45) is 5.92 Å². The minimum atomic E-state index is 0.381. The van der Waals surface area contributed by atoms with E-state index in [2.05, 4.69) is 31.8 Å². The van der Waals surface area contributed by atoms with Crippen LogP contribution < -0.4 is 0 Å². The van der Waals surface area contributed by atoms with Crippen molar-refractivity contribution in [3.63, 3.8) is 0 Å². The number of likely N-dealkylation sites (tertiary alicyclic amines) is 2. The average Bonchev–Trinajstić information content (AvgIpc) is 3.18. The molecule has 0 amide bonds. The Morgan fingerprint density at radius 1 is 1.08 bits per heavy atom. The molecule has 2 aromatic rings. The van der Waals surface area contributed by atoms with E-state index in [1.54, 1.807) is 6.20 Å². The Morgan fingerprint density at radius 3 is 2.69 bits per heavy atom. The molecule has 4 heterocycles. The Bertz CT molecular complexity index is 681. The van der Waals surface area contributed by atoms with Gasteiger partial charge in [-0.25, -0.2) is 0 Å². The molecule has 0 aliphatic carbocycles. The maximum absolute atomic E-state index is 5.53. The topological polar surface area (TPSA) is 58.3 Å². The number of rotatable bonds is 5. The second-order valence-electron chi connectivity index (χ2n) is 7.84. The fraction of sp³-hybridized carbons (Fsp3) is 0.650. The summed E-state index contributed by atoms with van der Waals surface area (Å²) in [5.41, 5.74) is 0.774. The smallest absolute Gasteiger partial charge is 0.230 e. The summed E-state index contributed by atoms with van der Waals surface area (Å²) in [6, 6.07) is 5.75. The molecule has 140 valence electrons. The third-order valence-corrected chi connectivity index (χ3v) is 5.75. The summed E-state index contributed by atoms with van der Waals surface area (Å²) in [4.78, 5) is 14.1. The molecule has 2 aliphatic rings. The van der Waals surface area contributed by atoms with Crippen molar-refractivity contribution < 1.29 is 4.52 Å². The first kappa shape index (κ1) is 17.6. The van der Waals surface area contributed by atoms with Crippen LogP contribution in [0.3, 0.4) is 0 Å². The minimum absolute atomic E-state index is 0.381.